The third-order valence-electron chi connectivity index (χ3n) is 1.49. The topological polar surface area (TPSA) is 13.1 Å². The molecule has 0 aliphatic carbocycles. The van der Waals surface area contributed by atoms with E-state index in [9.17, 15) is 0 Å². The molecule has 0 bridgehead atoms. The third kappa shape index (κ3) is 3.68. The molecule has 1 rings (SSSR count). The highest BCUT2D eigenvalue weighted by atomic mass is 79.9. The molecule has 1 aromatic rings. The quantitative estimate of drug-likeness (QED) is 0.740. The SMILES string of the molecule is CC(CBr)CSCc1ccco1. The van der Waals surface area contributed by atoms with Gasteiger partial charge in [0.05, 0.1) is 12.0 Å². The predicted molar refractivity (Wildman–Crippen MR) is 57.8 cm³/mol. The van der Waals surface area contributed by atoms with Crippen molar-refractivity contribution < 1.29 is 4.42 Å². The van der Waals surface area contributed by atoms with E-state index in [2.05, 4.69) is 22.9 Å². The monoisotopic (exact) mass is 248 g/mol. The number of alkyl halides is 1. The van der Waals surface area contributed by atoms with Gasteiger partial charge < -0.3 is 4.42 Å². The number of halogens is 1. The smallest absolute Gasteiger partial charge is 0.113 e. The van der Waals surface area contributed by atoms with Crippen molar-refractivity contribution in [2.45, 2.75) is 12.7 Å². The van der Waals surface area contributed by atoms with E-state index in [0.717, 1.165) is 22.8 Å². The van der Waals surface area contributed by atoms with Gasteiger partial charge in [0.15, 0.2) is 0 Å². The number of rotatable bonds is 5. The lowest BCUT2D eigenvalue weighted by molar-refractivity contribution is 0.530. The number of thioether (sulfide) groups is 1. The normalized spacial score (nSPS) is 13.2. The molecule has 0 aliphatic rings. The third-order valence-corrected chi connectivity index (χ3v) is 3.89. The lowest BCUT2D eigenvalue weighted by atomic mass is 10.3. The van der Waals surface area contributed by atoms with E-state index < -0.39 is 0 Å². The Hall–Kier alpha value is 0.110. The molecule has 0 aliphatic heterocycles. The van der Waals surface area contributed by atoms with Gasteiger partial charge in [-0.15, -0.1) is 0 Å². The largest absolute Gasteiger partial charge is 0.468 e. The molecule has 1 heterocycles. The predicted octanol–water partition coefficient (Wildman–Crippen LogP) is 3.54. The molecule has 0 saturated heterocycles. The zero-order chi connectivity index (χ0) is 8.81. The van der Waals surface area contributed by atoms with Crippen molar-refractivity contribution in [3.05, 3.63) is 24.2 Å². The molecule has 0 spiro atoms. The highest BCUT2D eigenvalue weighted by Crippen LogP contribution is 2.16. The maximum atomic E-state index is 5.22. The molecule has 0 fully saturated rings. The van der Waals surface area contributed by atoms with Gasteiger partial charge in [0.25, 0.3) is 0 Å². The molecule has 12 heavy (non-hydrogen) atoms. The van der Waals surface area contributed by atoms with Crippen molar-refractivity contribution in [2.75, 3.05) is 11.1 Å². The molecule has 1 nitrogen and oxygen atoms in total. The number of furan rings is 1. The highest BCUT2D eigenvalue weighted by Gasteiger charge is 2.00. The van der Waals surface area contributed by atoms with Crippen molar-refractivity contribution in [3.8, 4) is 0 Å². The molecule has 1 atom stereocenters. The van der Waals surface area contributed by atoms with Crippen molar-refractivity contribution in [1.82, 2.24) is 0 Å². The van der Waals surface area contributed by atoms with Gasteiger partial charge in [-0.3, -0.25) is 0 Å². The Labute approximate surface area is 86.0 Å². The fourth-order valence-corrected chi connectivity index (χ4v) is 2.34. The second-order valence-electron chi connectivity index (χ2n) is 2.85. The lowest BCUT2D eigenvalue weighted by Crippen LogP contribution is -1.98. The van der Waals surface area contributed by atoms with Crippen LogP contribution in [-0.2, 0) is 5.75 Å². The van der Waals surface area contributed by atoms with Gasteiger partial charge in [-0.1, -0.05) is 22.9 Å². The molecular weight excluding hydrogens is 236 g/mol. The zero-order valence-corrected chi connectivity index (χ0v) is 9.53. The average molecular weight is 249 g/mol. The molecule has 3 heteroatoms. The maximum Gasteiger partial charge on any atom is 0.113 e. The molecule has 0 N–H and O–H groups in total. The van der Waals surface area contributed by atoms with E-state index in [-0.39, 0.29) is 0 Å². The number of hydrogen-bond acceptors (Lipinski definition) is 2. The zero-order valence-electron chi connectivity index (χ0n) is 7.13. The fourth-order valence-electron chi connectivity index (χ4n) is 0.800. The summed E-state index contributed by atoms with van der Waals surface area (Å²) in [5.74, 6) is 3.99. The first-order valence-electron chi connectivity index (χ1n) is 3.99. The van der Waals surface area contributed by atoms with Gasteiger partial charge in [0, 0.05) is 5.33 Å². The van der Waals surface area contributed by atoms with Crippen LogP contribution in [0.3, 0.4) is 0 Å². The van der Waals surface area contributed by atoms with Crippen molar-refractivity contribution in [3.63, 3.8) is 0 Å². The van der Waals surface area contributed by atoms with Crippen LogP contribution in [0.4, 0.5) is 0 Å². The summed E-state index contributed by atoms with van der Waals surface area (Å²) >= 11 is 5.38. The summed E-state index contributed by atoms with van der Waals surface area (Å²) in [6.45, 7) is 2.24. The van der Waals surface area contributed by atoms with Gasteiger partial charge in [0.1, 0.15) is 5.76 Å². The molecule has 0 radical (unpaired) electrons. The first-order chi connectivity index (χ1) is 5.83. The van der Waals surface area contributed by atoms with Crippen LogP contribution in [-0.4, -0.2) is 11.1 Å². The maximum absolute atomic E-state index is 5.22. The molecule has 0 aromatic carbocycles. The minimum atomic E-state index is 0.741. The molecule has 0 saturated carbocycles. The van der Waals surface area contributed by atoms with Crippen molar-refractivity contribution in [1.29, 1.82) is 0 Å². The summed E-state index contributed by atoms with van der Waals surface area (Å²) < 4.78 is 5.22. The second-order valence-corrected chi connectivity index (χ2v) is 4.53. The van der Waals surface area contributed by atoms with E-state index >= 15 is 0 Å². The summed E-state index contributed by atoms with van der Waals surface area (Å²) in [7, 11) is 0. The van der Waals surface area contributed by atoms with Crippen LogP contribution in [0.1, 0.15) is 12.7 Å². The molecule has 0 amide bonds. The van der Waals surface area contributed by atoms with E-state index in [1.165, 1.54) is 5.75 Å². The van der Waals surface area contributed by atoms with Crippen LogP contribution >= 0.6 is 27.7 Å². The lowest BCUT2D eigenvalue weighted by Gasteiger charge is -2.04. The van der Waals surface area contributed by atoms with Gasteiger partial charge in [-0.2, -0.15) is 11.8 Å². The fraction of sp³-hybridized carbons (Fsp3) is 0.556. The molecular formula is C9H13BrOS. The van der Waals surface area contributed by atoms with E-state index in [1.54, 1.807) is 6.26 Å². The van der Waals surface area contributed by atoms with Crippen LogP contribution < -0.4 is 0 Å². The molecule has 1 unspecified atom stereocenters. The van der Waals surface area contributed by atoms with Gasteiger partial charge in [-0.05, 0) is 23.8 Å². The summed E-state index contributed by atoms with van der Waals surface area (Å²) in [4.78, 5) is 0. The Balaban J connectivity index is 2.11. The molecule has 68 valence electrons. The van der Waals surface area contributed by atoms with Gasteiger partial charge in [0.2, 0.25) is 0 Å². The highest BCUT2D eigenvalue weighted by molar-refractivity contribution is 9.09. The van der Waals surface area contributed by atoms with Crippen molar-refractivity contribution in [2.24, 2.45) is 5.92 Å². The minimum absolute atomic E-state index is 0.741. The Morgan fingerprint density at radius 1 is 1.67 bits per heavy atom. The van der Waals surface area contributed by atoms with Crippen LogP contribution in [0.5, 0.6) is 0 Å². The second kappa shape index (κ2) is 5.70. The van der Waals surface area contributed by atoms with Crippen LogP contribution in [0, 0.1) is 5.92 Å². The number of hydrogen-bond donors (Lipinski definition) is 0. The molecule has 1 aromatic heterocycles. The Morgan fingerprint density at radius 3 is 3.08 bits per heavy atom. The van der Waals surface area contributed by atoms with Crippen LogP contribution in [0.2, 0.25) is 0 Å². The van der Waals surface area contributed by atoms with Crippen LogP contribution in [0.15, 0.2) is 22.8 Å². The Bertz CT molecular complexity index is 198. The Kier molecular flexibility index (Phi) is 4.84. The summed E-state index contributed by atoms with van der Waals surface area (Å²) in [5.41, 5.74) is 0. The van der Waals surface area contributed by atoms with E-state index in [4.69, 9.17) is 4.42 Å². The van der Waals surface area contributed by atoms with E-state index in [0.29, 0.717) is 0 Å². The average Bonchev–Trinajstić information content (AvgIpc) is 2.57. The van der Waals surface area contributed by atoms with Gasteiger partial charge >= 0.3 is 0 Å². The summed E-state index contributed by atoms with van der Waals surface area (Å²) in [6.07, 6.45) is 1.73. The first-order valence-corrected chi connectivity index (χ1v) is 6.26. The van der Waals surface area contributed by atoms with Crippen LogP contribution in [0.25, 0.3) is 0 Å². The standard InChI is InChI=1S/C9H13BrOS/c1-8(5-10)6-12-7-9-3-2-4-11-9/h2-4,8H,5-7H2,1H3. The summed E-state index contributed by atoms with van der Waals surface area (Å²) in [5, 5.41) is 1.08. The van der Waals surface area contributed by atoms with E-state index in [1.807, 2.05) is 23.9 Å². The van der Waals surface area contributed by atoms with Crippen molar-refractivity contribution >= 4 is 27.7 Å². The Morgan fingerprint density at radius 2 is 2.50 bits per heavy atom. The van der Waals surface area contributed by atoms with Gasteiger partial charge in [-0.25, -0.2) is 0 Å². The minimum Gasteiger partial charge on any atom is -0.468 e. The first kappa shape index (κ1) is 10.2. The summed E-state index contributed by atoms with van der Waals surface area (Å²) in [6, 6.07) is 3.95.